The van der Waals surface area contributed by atoms with Crippen molar-refractivity contribution in [1.29, 1.82) is 0 Å². The van der Waals surface area contributed by atoms with Gasteiger partial charge in [0.2, 0.25) is 0 Å². The van der Waals surface area contributed by atoms with Gasteiger partial charge in [-0.2, -0.15) is 0 Å². The normalized spacial score (nSPS) is 24.2. The SMILES string of the molecule is COC(=O)c1sc(NC2CCN(C)CC2C)nc1C. The molecule has 1 aromatic heterocycles. The number of thiazole rings is 1. The van der Waals surface area contributed by atoms with Crippen molar-refractivity contribution in [2.24, 2.45) is 5.92 Å². The summed E-state index contributed by atoms with van der Waals surface area (Å²) < 4.78 is 4.75. The van der Waals surface area contributed by atoms with Crippen molar-refractivity contribution in [3.05, 3.63) is 10.6 Å². The zero-order chi connectivity index (χ0) is 14.0. The van der Waals surface area contributed by atoms with Crippen LogP contribution in [0.1, 0.15) is 28.7 Å². The van der Waals surface area contributed by atoms with Gasteiger partial charge in [0, 0.05) is 12.6 Å². The molecule has 106 valence electrons. The van der Waals surface area contributed by atoms with E-state index in [1.54, 1.807) is 0 Å². The summed E-state index contributed by atoms with van der Waals surface area (Å²) in [4.78, 5) is 18.9. The molecule has 1 aliphatic rings. The number of rotatable bonds is 3. The first-order valence-corrected chi connectivity index (χ1v) is 7.33. The lowest BCUT2D eigenvalue weighted by molar-refractivity contribution is 0.0605. The Morgan fingerprint density at radius 1 is 1.58 bits per heavy atom. The highest BCUT2D eigenvalue weighted by Gasteiger charge is 2.25. The number of carbonyl (C=O) groups excluding carboxylic acids is 1. The van der Waals surface area contributed by atoms with Crippen molar-refractivity contribution in [2.45, 2.75) is 26.3 Å². The lowest BCUT2D eigenvalue weighted by atomic mass is 9.94. The number of nitrogens with zero attached hydrogens (tertiary/aromatic N) is 2. The van der Waals surface area contributed by atoms with E-state index in [2.05, 4.69) is 29.2 Å². The molecule has 2 unspecified atom stereocenters. The molecule has 2 heterocycles. The first kappa shape index (κ1) is 14.3. The van der Waals surface area contributed by atoms with Gasteiger partial charge >= 0.3 is 5.97 Å². The van der Waals surface area contributed by atoms with Crippen LogP contribution >= 0.6 is 11.3 Å². The number of aromatic nitrogens is 1. The van der Waals surface area contributed by atoms with Gasteiger partial charge in [0.1, 0.15) is 4.88 Å². The van der Waals surface area contributed by atoms with Crippen LogP contribution in [-0.2, 0) is 4.74 Å². The highest BCUT2D eigenvalue weighted by Crippen LogP contribution is 2.26. The van der Waals surface area contributed by atoms with Gasteiger partial charge in [-0.3, -0.25) is 0 Å². The number of hydrogen-bond donors (Lipinski definition) is 1. The maximum atomic E-state index is 11.6. The number of anilines is 1. The van der Waals surface area contributed by atoms with Gasteiger partial charge in [-0.25, -0.2) is 9.78 Å². The number of piperidine rings is 1. The number of likely N-dealkylation sites (tertiary alicyclic amines) is 1. The van der Waals surface area contributed by atoms with Gasteiger partial charge in [0.05, 0.1) is 12.8 Å². The van der Waals surface area contributed by atoms with Gasteiger partial charge in [-0.15, -0.1) is 0 Å². The standard InChI is InChI=1S/C13H21N3O2S/c1-8-7-16(3)6-5-10(8)15-13-14-9(2)11(19-13)12(17)18-4/h8,10H,5-7H2,1-4H3,(H,14,15). The first-order valence-electron chi connectivity index (χ1n) is 6.52. The number of methoxy groups -OCH3 is 1. The predicted octanol–water partition coefficient (Wildman–Crippen LogP) is 1.99. The molecule has 1 saturated heterocycles. The molecule has 2 atom stereocenters. The molecule has 1 N–H and O–H groups in total. The van der Waals surface area contributed by atoms with E-state index in [0.29, 0.717) is 16.8 Å². The van der Waals surface area contributed by atoms with E-state index >= 15 is 0 Å². The van der Waals surface area contributed by atoms with Crippen LogP contribution in [0.15, 0.2) is 0 Å². The molecule has 0 spiro atoms. The zero-order valence-corrected chi connectivity index (χ0v) is 12.7. The molecular weight excluding hydrogens is 262 g/mol. The summed E-state index contributed by atoms with van der Waals surface area (Å²) in [6.45, 7) is 6.27. The molecule has 1 fully saturated rings. The fourth-order valence-electron chi connectivity index (χ4n) is 2.47. The fraction of sp³-hybridized carbons (Fsp3) is 0.692. The molecule has 19 heavy (non-hydrogen) atoms. The minimum absolute atomic E-state index is 0.306. The third-order valence-electron chi connectivity index (χ3n) is 3.58. The Kier molecular flexibility index (Phi) is 4.42. The van der Waals surface area contributed by atoms with E-state index < -0.39 is 0 Å². The Morgan fingerprint density at radius 2 is 2.32 bits per heavy atom. The van der Waals surface area contributed by atoms with Gasteiger partial charge in [-0.05, 0) is 32.9 Å². The van der Waals surface area contributed by atoms with Crippen molar-refractivity contribution in [2.75, 3.05) is 32.6 Å². The van der Waals surface area contributed by atoms with E-state index in [4.69, 9.17) is 4.74 Å². The average Bonchev–Trinajstić information content (AvgIpc) is 2.73. The topological polar surface area (TPSA) is 54.5 Å². The van der Waals surface area contributed by atoms with E-state index in [-0.39, 0.29) is 5.97 Å². The summed E-state index contributed by atoms with van der Waals surface area (Å²) in [5, 5.41) is 4.28. The van der Waals surface area contributed by atoms with Gasteiger partial charge < -0.3 is 15.0 Å². The largest absolute Gasteiger partial charge is 0.465 e. The van der Waals surface area contributed by atoms with Gasteiger partial charge in [-0.1, -0.05) is 18.3 Å². The lowest BCUT2D eigenvalue weighted by Gasteiger charge is -2.35. The summed E-state index contributed by atoms with van der Waals surface area (Å²) in [5.41, 5.74) is 0.736. The van der Waals surface area contributed by atoms with Crippen molar-refractivity contribution in [3.63, 3.8) is 0 Å². The summed E-state index contributed by atoms with van der Waals surface area (Å²) >= 11 is 1.38. The van der Waals surface area contributed by atoms with Crippen molar-refractivity contribution in [1.82, 2.24) is 9.88 Å². The lowest BCUT2D eigenvalue weighted by Crippen LogP contribution is -2.43. The van der Waals surface area contributed by atoms with Crippen molar-refractivity contribution in [3.8, 4) is 0 Å². The number of carbonyl (C=O) groups is 1. The molecule has 6 heteroatoms. The number of hydrogen-bond acceptors (Lipinski definition) is 6. The second-order valence-corrected chi connectivity index (χ2v) is 6.20. The molecule has 1 aliphatic heterocycles. The van der Waals surface area contributed by atoms with Crippen LogP contribution in [0.4, 0.5) is 5.13 Å². The number of aryl methyl sites for hydroxylation is 1. The van der Waals surface area contributed by atoms with Crippen molar-refractivity contribution < 1.29 is 9.53 Å². The van der Waals surface area contributed by atoms with Crippen LogP contribution < -0.4 is 5.32 Å². The first-order chi connectivity index (χ1) is 9.01. The highest BCUT2D eigenvalue weighted by atomic mass is 32.1. The number of ether oxygens (including phenoxy) is 1. The van der Waals surface area contributed by atoms with Crippen LogP contribution in [0, 0.1) is 12.8 Å². The molecule has 0 bridgehead atoms. The number of nitrogens with one attached hydrogen (secondary N) is 1. The third-order valence-corrected chi connectivity index (χ3v) is 4.65. The minimum Gasteiger partial charge on any atom is -0.465 e. The summed E-state index contributed by atoms with van der Waals surface area (Å²) in [7, 11) is 3.54. The minimum atomic E-state index is -0.306. The molecule has 5 nitrogen and oxygen atoms in total. The quantitative estimate of drug-likeness (QED) is 0.860. The molecule has 0 radical (unpaired) electrons. The smallest absolute Gasteiger partial charge is 0.350 e. The maximum absolute atomic E-state index is 11.6. The molecule has 0 saturated carbocycles. The third kappa shape index (κ3) is 3.25. The van der Waals surface area contributed by atoms with Crippen LogP contribution in [0.25, 0.3) is 0 Å². The Morgan fingerprint density at radius 3 is 2.95 bits per heavy atom. The van der Waals surface area contributed by atoms with Crippen LogP contribution in [0.5, 0.6) is 0 Å². The molecular formula is C13H21N3O2S. The van der Waals surface area contributed by atoms with E-state index in [1.165, 1.54) is 18.4 Å². The van der Waals surface area contributed by atoms with Crippen molar-refractivity contribution >= 4 is 22.4 Å². The average molecular weight is 283 g/mol. The Labute approximate surface area is 118 Å². The summed E-state index contributed by atoms with van der Waals surface area (Å²) in [6, 6.07) is 0.423. The van der Waals surface area contributed by atoms with Gasteiger partial charge in [0.15, 0.2) is 5.13 Å². The fourth-order valence-corrected chi connectivity index (χ4v) is 3.41. The second kappa shape index (κ2) is 5.88. The molecule has 2 rings (SSSR count). The second-order valence-electron chi connectivity index (χ2n) is 5.20. The predicted molar refractivity (Wildman–Crippen MR) is 76.9 cm³/mol. The zero-order valence-electron chi connectivity index (χ0n) is 11.9. The van der Waals surface area contributed by atoms with E-state index in [0.717, 1.165) is 30.3 Å². The van der Waals surface area contributed by atoms with Crippen LogP contribution in [0.3, 0.4) is 0 Å². The van der Waals surface area contributed by atoms with Crippen LogP contribution in [0.2, 0.25) is 0 Å². The Bertz CT molecular complexity index is 461. The van der Waals surface area contributed by atoms with E-state index in [1.807, 2.05) is 6.92 Å². The number of esters is 1. The highest BCUT2D eigenvalue weighted by molar-refractivity contribution is 7.17. The molecule has 0 aliphatic carbocycles. The summed E-state index contributed by atoms with van der Waals surface area (Å²) in [5.74, 6) is 0.268. The monoisotopic (exact) mass is 283 g/mol. The molecule has 1 aromatic rings. The Balaban J connectivity index is 2.05. The molecule has 0 aromatic carbocycles. The summed E-state index contributed by atoms with van der Waals surface area (Å²) in [6.07, 6.45) is 1.10. The maximum Gasteiger partial charge on any atom is 0.350 e. The van der Waals surface area contributed by atoms with Gasteiger partial charge in [0.25, 0.3) is 0 Å². The van der Waals surface area contributed by atoms with Crippen LogP contribution in [-0.4, -0.2) is 49.1 Å². The molecule has 0 amide bonds. The van der Waals surface area contributed by atoms with E-state index in [9.17, 15) is 4.79 Å². The Hall–Kier alpha value is -1.14.